The minimum absolute atomic E-state index is 0.215. The molecule has 1 atom stereocenters. The number of nitrogens with one attached hydrogen (secondary N) is 1. The van der Waals surface area contributed by atoms with Gasteiger partial charge in [-0.25, -0.2) is 0 Å². The van der Waals surface area contributed by atoms with Gasteiger partial charge in [0.15, 0.2) is 0 Å². The van der Waals surface area contributed by atoms with Crippen LogP contribution in [0.4, 0.5) is 0 Å². The van der Waals surface area contributed by atoms with E-state index in [2.05, 4.69) is 5.32 Å². The molecule has 0 spiro atoms. The molecule has 9 nitrogen and oxygen atoms in total. The molecule has 0 heterocycles. The van der Waals surface area contributed by atoms with Gasteiger partial charge in [0.1, 0.15) is 6.04 Å². The highest BCUT2D eigenvalue weighted by Crippen LogP contribution is 2.06. The van der Waals surface area contributed by atoms with Gasteiger partial charge in [-0.1, -0.05) is 12.1 Å². The van der Waals surface area contributed by atoms with E-state index in [0.29, 0.717) is 58.4 Å². The molecule has 0 bridgehead atoms. The van der Waals surface area contributed by atoms with E-state index in [1.54, 1.807) is 31.4 Å². The monoisotopic (exact) mass is 398 g/mol. The van der Waals surface area contributed by atoms with Gasteiger partial charge in [-0.2, -0.15) is 0 Å². The number of carboxylic acids is 1. The van der Waals surface area contributed by atoms with Crippen molar-refractivity contribution in [2.45, 2.75) is 12.5 Å². The third-order valence-corrected chi connectivity index (χ3v) is 3.70. The molecule has 0 saturated heterocycles. The predicted molar refractivity (Wildman–Crippen MR) is 102 cm³/mol. The number of benzene rings is 1. The van der Waals surface area contributed by atoms with Gasteiger partial charge in [0.2, 0.25) is 0 Å². The Morgan fingerprint density at radius 2 is 1.50 bits per heavy atom. The van der Waals surface area contributed by atoms with Gasteiger partial charge in [0.25, 0.3) is 5.91 Å². The van der Waals surface area contributed by atoms with Crippen LogP contribution in [-0.2, 0) is 30.2 Å². The van der Waals surface area contributed by atoms with Crippen LogP contribution in [0.3, 0.4) is 0 Å². The quantitative estimate of drug-likeness (QED) is 0.334. The zero-order valence-corrected chi connectivity index (χ0v) is 16.2. The summed E-state index contributed by atoms with van der Waals surface area (Å²) in [7, 11) is 1.62. The Balaban J connectivity index is 2.06. The Morgan fingerprint density at radius 3 is 2.04 bits per heavy atom. The summed E-state index contributed by atoms with van der Waals surface area (Å²) in [6.07, 6.45) is 0.215. The minimum atomic E-state index is -1.05. The largest absolute Gasteiger partial charge is 0.480 e. The summed E-state index contributed by atoms with van der Waals surface area (Å²) in [5.74, 6) is -1.27. The molecular formula is C19H30N2O7. The van der Waals surface area contributed by atoms with Crippen LogP contribution in [0, 0.1) is 0 Å². The number of carbonyl (C=O) groups is 2. The van der Waals surface area contributed by atoms with Crippen LogP contribution in [0.15, 0.2) is 24.3 Å². The first-order valence-corrected chi connectivity index (χ1v) is 9.12. The Morgan fingerprint density at radius 1 is 0.964 bits per heavy atom. The number of hydrogen-bond donors (Lipinski definition) is 3. The van der Waals surface area contributed by atoms with E-state index in [-0.39, 0.29) is 12.3 Å². The van der Waals surface area contributed by atoms with E-state index in [1.165, 1.54) is 0 Å². The molecule has 0 fully saturated rings. The molecule has 28 heavy (non-hydrogen) atoms. The summed E-state index contributed by atoms with van der Waals surface area (Å²) in [6.45, 7) is 3.79. The van der Waals surface area contributed by atoms with Crippen molar-refractivity contribution in [2.24, 2.45) is 5.73 Å². The molecule has 0 aliphatic rings. The standard InChI is InChI=1S/C19H30N2O7/c1-25-8-9-27-12-13-28-11-10-26-7-6-21-18(22)16-4-2-15(3-5-16)14-17(20)19(23)24/h2-5,17H,6-14,20H2,1H3,(H,21,22)(H,23,24)/t17-/m0/s1. The molecule has 9 heteroatoms. The second-order valence-electron chi connectivity index (χ2n) is 5.93. The van der Waals surface area contributed by atoms with Gasteiger partial charge < -0.3 is 35.1 Å². The molecule has 1 aromatic carbocycles. The van der Waals surface area contributed by atoms with Crippen LogP contribution in [0.2, 0.25) is 0 Å². The van der Waals surface area contributed by atoms with E-state index < -0.39 is 12.0 Å². The zero-order valence-electron chi connectivity index (χ0n) is 16.2. The Hall–Kier alpha value is -2.04. The topological polar surface area (TPSA) is 129 Å². The maximum atomic E-state index is 12.0. The van der Waals surface area contributed by atoms with Gasteiger partial charge in [-0.05, 0) is 24.1 Å². The molecule has 0 aliphatic heterocycles. The van der Waals surface area contributed by atoms with Crippen molar-refractivity contribution in [1.29, 1.82) is 0 Å². The van der Waals surface area contributed by atoms with E-state index in [0.717, 1.165) is 5.56 Å². The highest BCUT2D eigenvalue weighted by atomic mass is 16.6. The Kier molecular flexibility index (Phi) is 12.8. The number of nitrogens with two attached hydrogens (primary N) is 1. The second kappa shape index (κ2) is 14.9. The fraction of sp³-hybridized carbons (Fsp3) is 0.579. The number of carbonyl (C=O) groups excluding carboxylic acids is 1. The molecule has 4 N–H and O–H groups in total. The van der Waals surface area contributed by atoms with Crippen LogP contribution in [0.25, 0.3) is 0 Å². The van der Waals surface area contributed by atoms with Crippen molar-refractivity contribution >= 4 is 11.9 Å². The summed E-state index contributed by atoms with van der Waals surface area (Å²) < 4.78 is 20.8. The zero-order chi connectivity index (χ0) is 20.6. The van der Waals surface area contributed by atoms with Crippen molar-refractivity contribution in [1.82, 2.24) is 5.32 Å². The first-order valence-electron chi connectivity index (χ1n) is 9.12. The summed E-state index contributed by atoms with van der Waals surface area (Å²) in [5.41, 5.74) is 6.74. The average molecular weight is 398 g/mol. The van der Waals surface area contributed by atoms with Gasteiger partial charge in [-0.3, -0.25) is 9.59 Å². The molecule has 0 radical (unpaired) electrons. The van der Waals surface area contributed by atoms with Crippen molar-refractivity contribution in [2.75, 3.05) is 59.9 Å². The first-order chi connectivity index (χ1) is 13.5. The summed E-state index contributed by atoms with van der Waals surface area (Å²) in [5, 5.41) is 11.6. The van der Waals surface area contributed by atoms with E-state index in [9.17, 15) is 9.59 Å². The predicted octanol–water partition coefficient (Wildman–Crippen LogP) is 0.0670. The molecular weight excluding hydrogens is 368 g/mol. The maximum Gasteiger partial charge on any atom is 0.320 e. The summed E-state index contributed by atoms with van der Waals surface area (Å²) >= 11 is 0. The molecule has 1 rings (SSSR count). The van der Waals surface area contributed by atoms with Crippen LogP contribution in [-0.4, -0.2) is 82.9 Å². The van der Waals surface area contributed by atoms with Gasteiger partial charge >= 0.3 is 5.97 Å². The number of amides is 1. The number of rotatable bonds is 16. The number of aliphatic carboxylic acids is 1. The van der Waals surface area contributed by atoms with Crippen molar-refractivity contribution in [3.8, 4) is 0 Å². The van der Waals surface area contributed by atoms with Crippen LogP contribution < -0.4 is 11.1 Å². The van der Waals surface area contributed by atoms with E-state index in [1.807, 2.05) is 0 Å². The lowest BCUT2D eigenvalue weighted by atomic mass is 10.0. The third-order valence-electron chi connectivity index (χ3n) is 3.70. The molecule has 158 valence electrons. The third kappa shape index (κ3) is 11.0. The van der Waals surface area contributed by atoms with Crippen molar-refractivity contribution in [3.63, 3.8) is 0 Å². The SMILES string of the molecule is COCCOCCOCCOCCNC(=O)c1ccc(C[C@H](N)C(=O)O)cc1. The minimum Gasteiger partial charge on any atom is -0.480 e. The van der Waals surface area contributed by atoms with Gasteiger partial charge in [0.05, 0.1) is 46.2 Å². The smallest absolute Gasteiger partial charge is 0.320 e. The highest BCUT2D eigenvalue weighted by molar-refractivity contribution is 5.94. The normalized spacial score (nSPS) is 11.9. The fourth-order valence-corrected chi connectivity index (χ4v) is 2.16. The molecule has 0 unspecified atom stereocenters. The van der Waals surface area contributed by atoms with Crippen LogP contribution >= 0.6 is 0 Å². The van der Waals surface area contributed by atoms with E-state index >= 15 is 0 Å². The van der Waals surface area contributed by atoms with Crippen LogP contribution in [0.1, 0.15) is 15.9 Å². The number of methoxy groups -OCH3 is 1. The molecule has 1 aromatic rings. The first kappa shape index (κ1) is 24.0. The number of hydrogen-bond acceptors (Lipinski definition) is 7. The lowest BCUT2D eigenvalue weighted by Gasteiger charge is -2.09. The maximum absolute atomic E-state index is 12.0. The summed E-state index contributed by atoms with van der Waals surface area (Å²) in [6, 6.07) is 5.73. The Bertz CT molecular complexity index is 566. The van der Waals surface area contributed by atoms with Crippen LogP contribution in [0.5, 0.6) is 0 Å². The molecule has 0 aliphatic carbocycles. The summed E-state index contributed by atoms with van der Waals surface area (Å²) in [4.78, 5) is 22.8. The molecule has 1 amide bonds. The Labute approximate surface area is 165 Å². The molecule has 0 saturated carbocycles. The van der Waals surface area contributed by atoms with E-state index in [4.69, 9.17) is 29.8 Å². The number of ether oxygens (including phenoxy) is 4. The second-order valence-corrected chi connectivity index (χ2v) is 5.93. The number of carboxylic acid groups (broad SMARTS) is 1. The highest BCUT2D eigenvalue weighted by Gasteiger charge is 2.12. The fourth-order valence-electron chi connectivity index (χ4n) is 2.16. The average Bonchev–Trinajstić information content (AvgIpc) is 2.69. The lowest BCUT2D eigenvalue weighted by molar-refractivity contribution is -0.138. The van der Waals surface area contributed by atoms with Gasteiger partial charge in [-0.15, -0.1) is 0 Å². The van der Waals surface area contributed by atoms with Crippen molar-refractivity contribution < 1.29 is 33.6 Å². The van der Waals surface area contributed by atoms with Crippen molar-refractivity contribution in [3.05, 3.63) is 35.4 Å². The molecule has 0 aromatic heterocycles. The lowest BCUT2D eigenvalue weighted by Crippen LogP contribution is -2.32. The van der Waals surface area contributed by atoms with Gasteiger partial charge in [0, 0.05) is 19.2 Å².